The van der Waals surface area contributed by atoms with Crippen molar-refractivity contribution in [2.45, 2.75) is 39.3 Å². The average Bonchev–Trinajstić information content (AvgIpc) is 2.67. The molecule has 4 nitrogen and oxygen atoms in total. The molecule has 15 heavy (non-hydrogen) atoms. The van der Waals surface area contributed by atoms with Crippen LogP contribution in [0.15, 0.2) is 12.4 Å². The molecule has 1 unspecified atom stereocenters. The van der Waals surface area contributed by atoms with Crippen LogP contribution in [0.2, 0.25) is 0 Å². The van der Waals surface area contributed by atoms with Crippen molar-refractivity contribution in [3.05, 3.63) is 18.2 Å². The maximum absolute atomic E-state index is 6.00. The third-order valence-electron chi connectivity index (χ3n) is 2.19. The molecule has 2 N–H and O–H groups in total. The summed E-state index contributed by atoms with van der Waals surface area (Å²) in [5.74, 6) is 0.924. The molecule has 0 spiro atoms. The van der Waals surface area contributed by atoms with E-state index >= 15 is 0 Å². The molecule has 0 amide bonds. The first-order chi connectivity index (χ1) is 7.29. The van der Waals surface area contributed by atoms with Gasteiger partial charge in [-0.25, -0.2) is 4.98 Å². The van der Waals surface area contributed by atoms with Gasteiger partial charge in [-0.05, 0) is 12.8 Å². The predicted molar refractivity (Wildman–Crippen MR) is 60.6 cm³/mol. The molecule has 0 aliphatic rings. The van der Waals surface area contributed by atoms with Gasteiger partial charge in [-0.15, -0.1) is 0 Å². The minimum Gasteiger partial charge on any atom is -0.379 e. The first-order valence-electron chi connectivity index (χ1n) is 5.63. The Hall–Kier alpha value is -0.870. The predicted octanol–water partition coefficient (Wildman–Crippen LogP) is 1.72. The largest absolute Gasteiger partial charge is 0.379 e. The number of hydrogen-bond acceptors (Lipinski definition) is 3. The highest BCUT2D eigenvalue weighted by atomic mass is 16.5. The summed E-state index contributed by atoms with van der Waals surface area (Å²) in [6.07, 6.45) is 5.88. The molecule has 4 heteroatoms. The number of nitrogens with zero attached hydrogens (tertiary/aromatic N) is 2. The zero-order valence-electron chi connectivity index (χ0n) is 9.65. The van der Waals surface area contributed by atoms with Gasteiger partial charge in [0.1, 0.15) is 5.82 Å². The van der Waals surface area contributed by atoms with Crippen LogP contribution < -0.4 is 5.73 Å². The fourth-order valence-electron chi connectivity index (χ4n) is 1.51. The molecule has 0 radical (unpaired) electrons. The van der Waals surface area contributed by atoms with E-state index in [1.807, 2.05) is 6.20 Å². The van der Waals surface area contributed by atoms with Gasteiger partial charge < -0.3 is 15.0 Å². The molecule has 0 saturated carbocycles. The first-order valence-corrected chi connectivity index (χ1v) is 5.63. The van der Waals surface area contributed by atoms with Crippen LogP contribution in [0.3, 0.4) is 0 Å². The topological polar surface area (TPSA) is 53.1 Å². The van der Waals surface area contributed by atoms with E-state index in [1.54, 1.807) is 6.20 Å². The standard InChI is InChI=1S/C11H21N3O/c1-3-6-14-7-5-13-11(14)10(12)9-15-8-4-2/h5,7,10H,3-4,6,8-9,12H2,1-2H3. The van der Waals surface area contributed by atoms with Crippen LogP contribution in [0.4, 0.5) is 0 Å². The Balaban J connectivity index is 2.48. The zero-order valence-corrected chi connectivity index (χ0v) is 9.65. The maximum atomic E-state index is 6.00. The molecule has 1 aromatic heterocycles. The van der Waals surface area contributed by atoms with Crippen molar-refractivity contribution in [1.82, 2.24) is 9.55 Å². The van der Waals surface area contributed by atoms with Crippen molar-refractivity contribution < 1.29 is 4.74 Å². The Morgan fingerprint density at radius 1 is 1.47 bits per heavy atom. The van der Waals surface area contributed by atoms with Gasteiger partial charge in [0.15, 0.2) is 0 Å². The van der Waals surface area contributed by atoms with Crippen molar-refractivity contribution in [3.8, 4) is 0 Å². The third kappa shape index (κ3) is 3.64. The minimum absolute atomic E-state index is 0.113. The van der Waals surface area contributed by atoms with Crippen LogP contribution in [0, 0.1) is 0 Å². The van der Waals surface area contributed by atoms with Crippen molar-refractivity contribution in [3.63, 3.8) is 0 Å². The summed E-state index contributed by atoms with van der Waals surface area (Å²) in [4.78, 5) is 4.27. The second kappa shape index (κ2) is 6.58. The lowest BCUT2D eigenvalue weighted by Crippen LogP contribution is -2.22. The van der Waals surface area contributed by atoms with Crippen molar-refractivity contribution in [2.24, 2.45) is 5.73 Å². The molecule has 1 atom stereocenters. The van der Waals surface area contributed by atoms with E-state index < -0.39 is 0 Å². The number of rotatable bonds is 7. The van der Waals surface area contributed by atoms with Gasteiger partial charge >= 0.3 is 0 Å². The van der Waals surface area contributed by atoms with Crippen LogP contribution in [-0.4, -0.2) is 22.8 Å². The smallest absolute Gasteiger partial charge is 0.128 e. The Morgan fingerprint density at radius 2 is 2.27 bits per heavy atom. The van der Waals surface area contributed by atoms with Crippen molar-refractivity contribution >= 4 is 0 Å². The summed E-state index contributed by atoms with van der Waals surface area (Å²) in [6.45, 7) is 6.51. The van der Waals surface area contributed by atoms with Gasteiger partial charge in [-0.1, -0.05) is 13.8 Å². The average molecular weight is 211 g/mol. The molecule has 1 aromatic rings. The number of nitrogens with two attached hydrogens (primary N) is 1. The van der Waals surface area contributed by atoms with Crippen LogP contribution >= 0.6 is 0 Å². The zero-order chi connectivity index (χ0) is 11.1. The molecule has 0 aromatic carbocycles. The highest BCUT2D eigenvalue weighted by Gasteiger charge is 2.11. The molecule has 1 rings (SSSR count). The molecule has 1 heterocycles. The Kier molecular flexibility index (Phi) is 5.36. The maximum Gasteiger partial charge on any atom is 0.128 e. The molecule has 0 aliphatic heterocycles. The minimum atomic E-state index is -0.113. The second-order valence-corrected chi connectivity index (χ2v) is 3.66. The molecule has 0 aliphatic carbocycles. The van der Waals surface area contributed by atoms with E-state index in [2.05, 4.69) is 23.4 Å². The van der Waals surface area contributed by atoms with E-state index in [-0.39, 0.29) is 6.04 Å². The number of hydrogen-bond donors (Lipinski definition) is 1. The van der Waals surface area contributed by atoms with Crippen molar-refractivity contribution in [2.75, 3.05) is 13.2 Å². The molecular weight excluding hydrogens is 190 g/mol. The lowest BCUT2D eigenvalue weighted by Gasteiger charge is -2.13. The van der Waals surface area contributed by atoms with Crippen LogP contribution in [0.5, 0.6) is 0 Å². The summed E-state index contributed by atoms with van der Waals surface area (Å²) in [6, 6.07) is -0.113. The summed E-state index contributed by atoms with van der Waals surface area (Å²) in [7, 11) is 0. The highest BCUT2D eigenvalue weighted by Crippen LogP contribution is 2.09. The van der Waals surface area contributed by atoms with E-state index in [0.717, 1.165) is 31.8 Å². The van der Waals surface area contributed by atoms with E-state index in [9.17, 15) is 0 Å². The number of aryl methyl sites for hydroxylation is 1. The number of ether oxygens (including phenoxy) is 1. The van der Waals surface area contributed by atoms with Gasteiger partial charge in [-0.2, -0.15) is 0 Å². The van der Waals surface area contributed by atoms with E-state index in [4.69, 9.17) is 10.5 Å². The summed E-state index contributed by atoms with van der Waals surface area (Å²) in [5, 5.41) is 0. The van der Waals surface area contributed by atoms with E-state index in [1.165, 1.54) is 0 Å². The fourth-order valence-corrected chi connectivity index (χ4v) is 1.51. The Bertz CT molecular complexity index is 273. The lowest BCUT2D eigenvalue weighted by molar-refractivity contribution is 0.119. The number of imidazole rings is 1. The first kappa shape index (κ1) is 12.2. The van der Waals surface area contributed by atoms with Gasteiger partial charge in [-0.3, -0.25) is 0 Å². The fraction of sp³-hybridized carbons (Fsp3) is 0.727. The molecular formula is C11H21N3O. The third-order valence-corrected chi connectivity index (χ3v) is 2.19. The molecule has 0 saturated heterocycles. The van der Waals surface area contributed by atoms with Crippen LogP contribution in [0.25, 0.3) is 0 Å². The Morgan fingerprint density at radius 3 is 2.93 bits per heavy atom. The van der Waals surface area contributed by atoms with Crippen LogP contribution in [-0.2, 0) is 11.3 Å². The van der Waals surface area contributed by atoms with Crippen molar-refractivity contribution in [1.29, 1.82) is 0 Å². The lowest BCUT2D eigenvalue weighted by atomic mass is 10.3. The highest BCUT2D eigenvalue weighted by molar-refractivity contribution is 4.98. The summed E-state index contributed by atoms with van der Waals surface area (Å²) in [5.41, 5.74) is 6.00. The van der Waals surface area contributed by atoms with E-state index in [0.29, 0.717) is 6.61 Å². The molecule has 0 bridgehead atoms. The van der Waals surface area contributed by atoms with Gasteiger partial charge in [0.2, 0.25) is 0 Å². The van der Waals surface area contributed by atoms with Crippen LogP contribution in [0.1, 0.15) is 38.6 Å². The molecule has 0 fully saturated rings. The monoisotopic (exact) mass is 211 g/mol. The summed E-state index contributed by atoms with van der Waals surface area (Å²) < 4.78 is 7.52. The van der Waals surface area contributed by atoms with Gasteiger partial charge in [0.25, 0.3) is 0 Å². The molecule has 86 valence electrons. The number of aromatic nitrogens is 2. The Labute approximate surface area is 91.4 Å². The second-order valence-electron chi connectivity index (χ2n) is 3.66. The SMILES string of the molecule is CCCOCC(N)c1nccn1CCC. The normalized spacial score (nSPS) is 13.0. The quantitative estimate of drug-likeness (QED) is 0.699. The summed E-state index contributed by atoms with van der Waals surface area (Å²) >= 11 is 0. The van der Waals surface area contributed by atoms with Gasteiger partial charge in [0.05, 0.1) is 12.6 Å². The van der Waals surface area contributed by atoms with Gasteiger partial charge in [0, 0.05) is 25.5 Å².